The average Bonchev–Trinajstić information content (AvgIpc) is 3.84. The monoisotopic (exact) mass is 733 g/mol. The third kappa shape index (κ3) is 5.74. The summed E-state index contributed by atoms with van der Waals surface area (Å²) >= 11 is 1.84. The Kier molecular flexibility index (Phi) is 7.64. The minimum absolute atomic E-state index is 0.587. The van der Waals surface area contributed by atoms with Crippen molar-refractivity contribution in [3.8, 4) is 67.5 Å². The van der Waals surface area contributed by atoms with E-state index in [0.29, 0.717) is 17.5 Å². The molecule has 0 saturated heterocycles. The van der Waals surface area contributed by atoms with Gasteiger partial charge in [-0.3, -0.25) is 0 Å². The molecular weight excluding hydrogens is 703 g/mol. The Morgan fingerprint density at radius 3 is 1.27 bits per heavy atom. The molecule has 0 aliphatic carbocycles. The third-order valence-corrected chi connectivity index (χ3v) is 11.7. The maximum absolute atomic E-state index is 6.58. The van der Waals surface area contributed by atoms with Crippen LogP contribution in [-0.4, -0.2) is 15.0 Å². The average molecular weight is 734 g/mol. The molecule has 0 atom stereocenters. The van der Waals surface area contributed by atoms with Crippen LogP contribution in [0.25, 0.3) is 110 Å². The van der Waals surface area contributed by atoms with E-state index in [1.165, 1.54) is 25.7 Å². The van der Waals surface area contributed by atoms with Gasteiger partial charge >= 0.3 is 0 Å². The summed E-state index contributed by atoms with van der Waals surface area (Å²) in [5.74, 6) is 1.81. The first-order valence-corrected chi connectivity index (χ1v) is 19.5. The molecule has 0 aliphatic heterocycles. The van der Waals surface area contributed by atoms with Crippen LogP contribution in [0.5, 0.6) is 0 Å². The predicted molar refractivity (Wildman–Crippen MR) is 233 cm³/mol. The number of hydrogen-bond donors (Lipinski definition) is 0. The van der Waals surface area contributed by atoms with Crippen molar-refractivity contribution in [3.63, 3.8) is 0 Å². The fourth-order valence-corrected chi connectivity index (χ4v) is 8.79. The largest absolute Gasteiger partial charge is 0.456 e. The topological polar surface area (TPSA) is 51.8 Å². The van der Waals surface area contributed by atoms with E-state index in [2.05, 4.69) is 176 Å². The minimum Gasteiger partial charge on any atom is -0.456 e. The van der Waals surface area contributed by atoms with Gasteiger partial charge in [-0.2, -0.15) is 0 Å². The summed E-state index contributed by atoms with van der Waals surface area (Å²) in [6.07, 6.45) is 0. The van der Waals surface area contributed by atoms with Gasteiger partial charge in [-0.25, -0.2) is 15.0 Å². The van der Waals surface area contributed by atoms with Crippen molar-refractivity contribution in [1.29, 1.82) is 0 Å². The van der Waals surface area contributed by atoms with Gasteiger partial charge < -0.3 is 4.42 Å². The van der Waals surface area contributed by atoms with E-state index in [0.717, 1.165) is 66.4 Å². The summed E-state index contributed by atoms with van der Waals surface area (Å²) in [7, 11) is 0. The Morgan fingerprint density at radius 1 is 0.286 bits per heavy atom. The Morgan fingerprint density at radius 2 is 0.679 bits per heavy atom. The van der Waals surface area contributed by atoms with Crippen molar-refractivity contribution in [1.82, 2.24) is 15.0 Å². The van der Waals surface area contributed by atoms with Crippen LogP contribution in [0.15, 0.2) is 192 Å². The molecule has 56 heavy (non-hydrogen) atoms. The van der Waals surface area contributed by atoms with Crippen molar-refractivity contribution in [2.45, 2.75) is 0 Å². The molecule has 0 bridgehead atoms. The molecule has 262 valence electrons. The van der Waals surface area contributed by atoms with Crippen LogP contribution in [0.4, 0.5) is 0 Å². The number of rotatable bonds is 6. The molecule has 0 aliphatic rings. The van der Waals surface area contributed by atoms with Crippen LogP contribution in [0.2, 0.25) is 0 Å². The minimum atomic E-state index is 0.587. The SMILES string of the molecule is c1ccc(-c2ccc(-c3nc(-c4ccc(-c5ccccc5)cc4)nc(-c4ccc5c(c4)oc4cc(-c6ccc7c(c6)sc6ccccc67)ccc45)n3)cc2)cc1. The number of thiophene rings is 1. The third-order valence-electron chi connectivity index (χ3n) is 10.6. The molecule has 3 heterocycles. The molecular formula is C51H31N3OS. The van der Waals surface area contributed by atoms with Gasteiger partial charge in [-0.15, -0.1) is 11.3 Å². The van der Waals surface area contributed by atoms with Gasteiger partial charge in [0, 0.05) is 47.6 Å². The molecule has 3 aromatic heterocycles. The molecule has 0 fully saturated rings. The van der Waals surface area contributed by atoms with Crippen molar-refractivity contribution in [2.75, 3.05) is 0 Å². The lowest BCUT2D eigenvalue weighted by molar-refractivity contribution is 0.669. The number of fused-ring (bicyclic) bond motifs is 6. The van der Waals surface area contributed by atoms with E-state index in [1.54, 1.807) is 0 Å². The predicted octanol–water partition coefficient (Wildman–Crippen LogP) is 14.1. The van der Waals surface area contributed by atoms with Gasteiger partial charge in [0.25, 0.3) is 0 Å². The highest BCUT2D eigenvalue weighted by molar-refractivity contribution is 7.25. The van der Waals surface area contributed by atoms with Crippen LogP contribution in [0.3, 0.4) is 0 Å². The van der Waals surface area contributed by atoms with Gasteiger partial charge in [-0.1, -0.05) is 152 Å². The molecule has 0 amide bonds. The lowest BCUT2D eigenvalue weighted by atomic mass is 10.0. The molecule has 8 aromatic carbocycles. The maximum Gasteiger partial charge on any atom is 0.164 e. The van der Waals surface area contributed by atoms with Crippen LogP contribution >= 0.6 is 11.3 Å². The van der Waals surface area contributed by atoms with E-state index < -0.39 is 0 Å². The zero-order valence-corrected chi connectivity index (χ0v) is 30.9. The highest BCUT2D eigenvalue weighted by atomic mass is 32.1. The molecule has 11 aromatic rings. The first-order chi connectivity index (χ1) is 27.7. The number of benzene rings is 8. The molecule has 5 heteroatoms. The molecule has 0 unspecified atom stereocenters. The number of nitrogens with zero attached hydrogens (tertiary/aromatic N) is 3. The second-order valence-electron chi connectivity index (χ2n) is 14.0. The quantitative estimate of drug-likeness (QED) is 0.171. The fraction of sp³-hybridized carbons (Fsp3) is 0. The second-order valence-corrected chi connectivity index (χ2v) is 15.1. The van der Waals surface area contributed by atoms with Gasteiger partial charge in [0.2, 0.25) is 0 Å². The van der Waals surface area contributed by atoms with Crippen molar-refractivity contribution < 1.29 is 4.42 Å². The van der Waals surface area contributed by atoms with E-state index in [1.807, 2.05) is 23.5 Å². The molecule has 0 radical (unpaired) electrons. The number of aromatic nitrogens is 3. The summed E-state index contributed by atoms with van der Waals surface area (Å²) in [6, 6.07) is 65.7. The Bertz CT molecular complexity index is 3120. The number of hydrogen-bond acceptors (Lipinski definition) is 5. The normalized spacial score (nSPS) is 11.6. The summed E-state index contributed by atoms with van der Waals surface area (Å²) in [4.78, 5) is 15.1. The van der Waals surface area contributed by atoms with E-state index in [9.17, 15) is 0 Å². The second kappa shape index (κ2) is 13.3. The summed E-state index contributed by atoms with van der Waals surface area (Å²) < 4.78 is 9.18. The van der Waals surface area contributed by atoms with Crippen LogP contribution in [-0.2, 0) is 0 Å². The standard InChI is InChI=1S/C51H31N3OS/c1-3-9-32(10-4-1)34-15-19-36(20-16-34)49-52-50(37-21-17-35(18-22-37)33-11-5-2-6-12-33)54-51(53-49)40-25-27-42-41-26-23-38(29-45(41)55-46(42)30-40)39-24-28-44-43-13-7-8-14-47(43)56-48(44)31-39/h1-31H. The van der Waals surface area contributed by atoms with Crippen molar-refractivity contribution >= 4 is 53.4 Å². The Hall–Kier alpha value is -7.21. The summed E-state index contributed by atoms with van der Waals surface area (Å²) in [5.41, 5.74) is 11.2. The van der Waals surface area contributed by atoms with Gasteiger partial charge in [0.05, 0.1) is 0 Å². The summed E-state index contributed by atoms with van der Waals surface area (Å²) in [5, 5.41) is 4.73. The highest BCUT2D eigenvalue weighted by Crippen LogP contribution is 2.39. The van der Waals surface area contributed by atoms with E-state index >= 15 is 0 Å². The van der Waals surface area contributed by atoms with E-state index in [4.69, 9.17) is 19.4 Å². The lowest BCUT2D eigenvalue weighted by Gasteiger charge is -2.10. The molecule has 0 spiro atoms. The van der Waals surface area contributed by atoms with Gasteiger partial charge in [-0.05, 0) is 69.8 Å². The van der Waals surface area contributed by atoms with Crippen LogP contribution in [0.1, 0.15) is 0 Å². The molecule has 0 N–H and O–H groups in total. The maximum atomic E-state index is 6.58. The molecule has 11 rings (SSSR count). The Balaban J connectivity index is 0.986. The van der Waals surface area contributed by atoms with Gasteiger partial charge in [0.1, 0.15) is 11.2 Å². The van der Waals surface area contributed by atoms with E-state index in [-0.39, 0.29) is 0 Å². The molecule has 4 nitrogen and oxygen atoms in total. The lowest BCUT2D eigenvalue weighted by Crippen LogP contribution is -2.00. The van der Waals surface area contributed by atoms with Crippen molar-refractivity contribution in [2.24, 2.45) is 0 Å². The van der Waals surface area contributed by atoms with Crippen LogP contribution in [0, 0.1) is 0 Å². The van der Waals surface area contributed by atoms with Crippen LogP contribution < -0.4 is 0 Å². The number of furan rings is 1. The van der Waals surface area contributed by atoms with Gasteiger partial charge in [0.15, 0.2) is 17.5 Å². The molecule has 0 saturated carbocycles. The smallest absolute Gasteiger partial charge is 0.164 e. The first kappa shape index (κ1) is 32.2. The highest BCUT2D eigenvalue weighted by Gasteiger charge is 2.16. The zero-order chi connectivity index (χ0) is 37.0. The Labute approximate surface area is 327 Å². The zero-order valence-electron chi connectivity index (χ0n) is 30.1. The first-order valence-electron chi connectivity index (χ1n) is 18.7. The summed E-state index contributed by atoms with van der Waals surface area (Å²) in [6.45, 7) is 0. The van der Waals surface area contributed by atoms with Crippen molar-refractivity contribution in [3.05, 3.63) is 188 Å². The fourth-order valence-electron chi connectivity index (χ4n) is 7.65.